The van der Waals surface area contributed by atoms with Crippen molar-refractivity contribution in [1.29, 1.82) is 0 Å². The molecule has 3 unspecified atom stereocenters. The molecule has 0 amide bonds. The first-order valence-corrected chi connectivity index (χ1v) is 6.30. The van der Waals surface area contributed by atoms with Crippen LogP contribution in [0.4, 0.5) is 0 Å². The van der Waals surface area contributed by atoms with Crippen molar-refractivity contribution in [3.05, 3.63) is 0 Å². The molecule has 0 spiro atoms. The summed E-state index contributed by atoms with van der Waals surface area (Å²) in [5.74, 6) is -0.729. The summed E-state index contributed by atoms with van der Waals surface area (Å²) in [4.78, 5) is 13.5. The van der Waals surface area contributed by atoms with Gasteiger partial charge in [-0.2, -0.15) is 0 Å². The lowest BCUT2D eigenvalue weighted by atomic mass is 9.89. The van der Waals surface area contributed by atoms with Crippen LogP contribution in [-0.2, 0) is 9.53 Å². The SMILES string of the molecule is CCOCCCN1C2CCC1C(C(=O)O)C2. The fraction of sp³-hybridized carbons (Fsp3) is 0.917. The van der Waals surface area contributed by atoms with E-state index in [1.54, 1.807) is 0 Å². The Morgan fingerprint density at radius 1 is 1.50 bits per heavy atom. The molecule has 0 aromatic rings. The zero-order valence-corrected chi connectivity index (χ0v) is 9.89. The summed E-state index contributed by atoms with van der Waals surface area (Å²) in [6.07, 6.45) is 4.13. The van der Waals surface area contributed by atoms with Crippen LogP contribution in [-0.4, -0.2) is 47.8 Å². The zero-order valence-electron chi connectivity index (χ0n) is 9.89. The van der Waals surface area contributed by atoms with E-state index in [-0.39, 0.29) is 5.92 Å². The molecule has 2 saturated heterocycles. The van der Waals surface area contributed by atoms with Crippen LogP contribution in [0.15, 0.2) is 0 Å². The van der Waals surface area contributed by atoms with Gasteiger partial charge in [-0.15, -0.1) is 0 Å². The van der Waals surface area contributed by atoms with Gasteiger partial charge in [0.2, 0.25) is 0 Å². The second-order valence-electron chi connectivity index (χ2n) is 4.77. The summed E-state index contributed by atoms with van der Waals surface area (Å²) in [6.45, 7) is 4.56. The van der Waals surface area contributed by atoms with Crippen molar-refractivity contribution in [2.24, 2.45) is 5.92 Å². The molecule has 0 saturated carbocycles. The topological polar surface area (TPSA) is 49.8 Å². The van der Waals surface area contributed by atoms with Gasteiger partial charge < -0.3 is 9.84 Å². The Morgan fingerprint density at radius 2 is 2.31 bits per heavy atom. The highest BCUT2D eigenvalue weighted by Crippen LogP contribution is 2.41. The normalized spacial score (nSPS) is 33.4. The maximum Gasteiger partial charge on any atom is 0.308 e. The Hall–Kier alpha value is -0.610. The summed E-state index contributed by atoms with van der Waals surface area (Å²) in [7, 11) is 0. The average molecular weight is 227 g/mol. The van der Waals surface area contributed by atoms with Crippen molar-refractivity contribution < 1.29 is 14.6 Å². The fourth-order valence-electron chi connectivity index (χ4n) is 3.21. The molecule has 16 heavy (non-hydrogen) atoms. The molecule has 2 aliphatic heterocycles. The molecule has 3 atom stereocenters. The summed E-state index contributed by atoms with van der Waals surface area (Å²) in [5, 5.41) is 9.11. The number of nitrogens with zero attached hydrogens (tertiary/aromatic N) is 1. The number of hydrogen-bond acceptors (Lipinski definition) is 3. The van der Waals surface area contributed by atoms with Gasteiger partial charge in [-0.3, -0.25) is 9.69 Å². The first kappa shape index (κ1) is 11.9. The Labute approximate surface area is 96.6 Å². The van der Waals surface area contributed by atoms with E-state index in [2.05, 4.69) is 4.90 Å². The molecule has 2 heterocycles. The number of hydrogen-bond donors (Lipinski definition) is 1. The molecule has 1 N–H and O–H groups in total. The number of rotatable bonds is 6. The summed E-state index contributed by atoms with van der Waals surface area (Å²) in [5.41, 5.74) is 0. The third-order valence-electron chi connectivity index (χ3n) is 3.91. The average Bonchev–Trinajstić information content (AvgIpc) is 2.81. The van der Waals surface area contributed by atoms with Gasteiger partial charge in [0.25, 0.3) is 0 Å². The maximum atomic E-state index is 11.1. The van der Waals surface area contributed by atoms with Crippen molar-refractivity contribution in [3.63, 3.8) is 0 Å². The Balaban J connectivity index is 1.80. The van der Waals surface area contributed by atoms with Crippen LogP contribution >= 0.6 is 0 Å². The lowest BCUT2D eigenvalue weighted by molar-refractivity contribution is -0.142. The number of carbonyl (C=O) groups is 1. The van der Waals surface area contributed by atoms with Gasteiger partial charge in [-0.1, -0.05) is 0 Å². The van der Waals surface area contributed by atoms with Crippen molar-refractivity contribution in [1.82, 2.24) is 4.90 Å². The predicted octanol–water partition coefficient (Wildman–Crippen LogP) is 1.35. The van der Waals surface area contributed by atoms with Crippen molar-refractivity contribution in [3.8, 4) is 0 Å². The molecule has 2 fully saturated rings. The molecule has 4 heteroatoms. The lowest BCUT2D eigenvalue weighted by Gasteiger charge is -2.22. The van der Waals surface area contributed by atoms with E-state index in [4.69, 9.17) is 9.84 Å². The monoisotopic (exact) mass is 227 g/mol. The van der Waals surface area contributed by atoms with Crippen molar-refractivity contribution in [2.75, 3.05) is 19.8 Å². The van der Waals surface area contributed by atoms with E-state index >= 15 is 0 Å². The number of fused-ring (bicyclic) bond motifs is 2. The van der Waals surface area contributed by atoms with Crippen LogP contribution in [0.3, 0.4) is 0 Å². The molecule has 4 nitrogen and oxygen atoms in total. The van der Waals surface area contributed by atoms with Crippen LogP contribution in [0.1, 0.15) is 32.6 Å². The molecule has 92 valence electrons. The van der Waals surface area contributed by atoms with Gasteiger partial charge in [0.1, 0.15) is 0 Å². The Kier molecular flexibility index (Phi) is 3.82. The Bertz CT molecular complexity index is 257. The van der Waals surface area contributed by atoms with E-state index in [0.717, 1.165) is 39.0 Å². The van der Waals surface area contributed by atoms with Gasteiger partial charge in [0.15, 0.2) is 0 Å². The van der Waals surface area contributed by atoms with Crippen molar-refractivity contribution >= 4 is 5.97 Å². The van der Waals surface area contributed by atoms with Gasteiger partial charge >= 0.3 is 5.97 Å². The number of carboxylic acid groups (broad SMARTS) is 1. The van der Waals surface area contributed by atoms with E-state index in [0.29, 0.717) is 12.1 Å². The molecule has 0 aliphatic carbocycles. The van der Waals surface area contributed by atoms with Gasteiger partial charge in [-0.05, 0) is 32.6 Å². The van der Waals surface area contributed by atoms with E-state index in [9.17, 15) is 4.79 Å². The molecule has 2 bridgehead atoms. The van der Waals surface area contributed by atoms with Crippen LogP contribution in [0, 0.1) is 5.92 Å². The van der Waals surface area contributed by atoms with Gasteiger partial charge in [0.05, 0.1) is 5.92 Å². The predicted molar refractivity (Wildman–Crippen MR) is 60.4 cm³/mol. The standard InChI is InChI=1S/C12H21NO3/c1-2-16-7-3-6-13-9-4-5-11(13)10(8-9)12(14)15/h9-11H,2-8H2,1H3,(H,14,15). The van der Waals surface area contributed by atoms with Crippen LogP contribution < -0.4 is 0 Å². The van der Waals surface area contributed by atoms with Gasteiger partial charge in [0, 0.05) is 31.8 Å². The smallest absolute Gasteiger partial charge is 0.308 e. The second-order valence-corrected chi connectivity index (χ2v) is 4.77. The minimum absolute atomic E-state index is 0.120. The molecular formula is C12H21NO3. The first-order valence-electron chi connectivity index (χ1n) is 6.30. The summed E-state index contributed by atoms with van der Waals surface area (Å²) < 4.78 is 5.32. The highest BCUT2D eigenvalue weighted by Gasteiger charge is 2.48. The number of aliphatic carboxylic acids is 1. The minimum Gasteiger partial charge on any atom is -0.481 e. The summed E-state index contributed by atoms with van der Waals surface area (Å²) >= 11 is 0. The van der Waals surface area contributed by atoms with Crippen LogP contribution in [0.2, 0.25) is 0 Å². The molecule has 2 rings (SSSR count). The zero-order chi connectivity index (χ0) is 11.5. The fourth-order valence-corrected chi connectivity index (χ4v) is 3.21. The molecule has 0 aromatic heterocycles. The molecule has 2 aliphatic rings. The van der Waals surface area contributed by atoms with Gasteiger partial charge in [-0.25, -0.2) is 0 Å². The third-order valence-corrected chi connectivity index (χ3v) is 3.91. The lowest BCUT2D eigenvalue weighted by Crippen LogP contribution is -2.34. The molecular weight excluding hydrogens is 206 g/mol. The Morgan fingerprint density at radius 3 is 2.94 bits per heavy atom. The summed E-state index contributed by atoms with van der Waals surface area (Å²) in [6, 6.07) is 0.817. The van der Waals surface area contributed by atoms with E-state index in [1.807, 2.05) is 6.92 Å². The van der Waals surface area contributed by atoms with Crippen LogP contribution in [0.25, 0.3) is 0 Å². The molecule has 0 aromatic carbocycles. The van der Waals surface area contributed by atoms with E-state index in [1.165, 1.54) is 6.42 Å². The van der Waals surface area contributed by atoms with Crippen LogP contribution in [0.5, 0.6) is 0 Å². The van der Waals surface area contributed by atoms with E-state index < -0.39 is 5.97 Å². The number of ether oxygens (including phenoxy) is 1. The molecule has 0 radical (unpaired) electrons. The number of carboxylic acids is 1. The van der Waals surface area contributed by atoms with Crippen molar-refractivity contribution in [2.45, 2.75) is 44.7 Å². The highest BCUT2D eigenvalue weighted by molar-refractivity contribution is 5.71. The second kappa shape index (κ2) is 5.15. The highest BCUT2D eigenvalue weighted by atomic mass is 16.5. The first-order chi connectivity index (χ1) is 7.74. The quantitative estimate of drug-likeness (QED) is 0.696. The minimum atomic E-state index is -0.609. The third kappa shape index (κ3) is 2.23. The largest absolute Gasteiger partial charge is 0.481 e. The maximum absolute atomic E-state index is 11.1.